The van der Waals surface area contributed by atoms with E-state index in [0.717, 1.165) is 0 Å². The summed E-state index contributed by atoms with van der Waals surface area (Å²) in [7, 11) is 0. The van der Waals surface area contributed by atoms with E-state index in [2.05, 4.69) is 0 Å². The van der Waals surface area contributed by atoms with Crippen molar-refractivity contribution < 1.29 is 20.1 Å². The van der Waals surface area contributed by atoms with Gasteiger partial charge in [0.25, 0.3) is 0 Å². The minimum absolute atomic E-state index is 0. The summed E-state index contributed by atoms with van der Waals surface area (Å²) in [5.41, 5.74) is 34.5. The fourth-order valence-corrected chi connectivity index (χ4v) is 0. The van der Waals surface area contributed by atoms with Crippen molar-refractivity contribution in [3.05, 3.63) is 63.0 Å². The van der Waals surface area contributed by atoms with Crippen molar-refractivity contribution in [3.63, 3.8) is 0 Å². The maximum atomic E-state index is 7.25. The summed E-state index contributed by atoms with van der Waals surface area (Å²) in [4.78, 5) is 43.5. The van der Waals surface area contributed by atoms with Crippen LogP contribution < -0.4 is 6.15 Å². The van der Waals surface area contributed by atoms with E-state index in [1.165, 1.54) is 0 Å². The number of hydrogen-bond donors (Lipinski definition) is 1. The van der Waals surface area contributed by atoms with Crippen molar-refractivity contribution in [1.82, 2.24) is 6.15 Å². The summed E-state index contributed by atoms with van der Waals surface area (Å²) in [5.74, 6) is 0. The van der Waals surface area contributed by atoms with E-state index in [0.29, 0.717) is 0 Å². The molecule has 0 aliphatic carbocycles. The average molecular weight is 390 g/mol. The Morgan fingerprint density at radius 3 is 0.357 bits per heavy atom. The minimum Gasteiger partial charge on any atom is -0.577 e. The second-order valence-corrected chi connectivity index (χ2v) is 0. The Labute approximate surface area is 89.9 Å². The van der Waals surface area contributed by atoms with E-state index in [1.807, 2.05) is 0 Å². The van der Waals surface area contributed by atoms with E-state index in [1.54, 1.807) is 0 Å². The summed E-state index contributed by atoms with van der Waals surface area (Å²) in [6.07, 6.45) is 0. The Bertz CT molecular complexity index is 33.7. The first-order valence-electron chi connectivity index (χ1n) is 1.10. The summed E-state index contributed by atoms with van der Waals surface area (Å²) in [6.45, 7) is 0. The van der Waals surface area contributed by atoms with Gasteiger partial charge in [0.1, 0.15) is 0 Å². The molecular weight excluding hydrogens is 386 g/mol. The van der Waals surface area contributed by atoms with Gasteiger partial charge in [0.15, 0.2) is 0 Å². The zero-order valence-electron chi connectivity index (χ0n) is 6.47. The predicted octanol–water partition coefficient (Wildman–Crippen LogP) is 2.31. The first kappa shape index (κ1) is 86.6. The quantitative estimate of drug-likeness (QED) is 0.646. The van der Waals surface area contributed by atoms with Crippen LogP contribution in [0.1, 0.15) is 0 Å². The zero-order valence-corrected chi connectivity index (χ0v) is 8.86. The Morgan fingerprint density at radius 2 is 0.357 bits per heavy atom. The Kier molecular flexibility index (Phi) is 2250. The normalized spacial score (nSPS) is 1.71. The van der Waals surface area contributed by atoms with Crippen LogP contribution >= 0.6 is 0 Å². The Balaban J connectivity index is -0.00000000500. The van der Waals surface area contributed by atoms with Crippen LogP contribution in [0.25, 0.3) is 33.6 Å². The molecule has 0 aromatic rings. The molecule has 13 nitrogen and oxygen atoms in total. The Morgan fingerprint density at radius 1 is 0.357 bits per heavy atom. The third-order valence-corrected chi connectivity index (χ3v) is 0. The van der Waals surface area contributed by atoms with E-state index in [9.17, 15) is 0 Å². The molecule has 0 fully saturated rings. The van der Waals surface area contributed by atoms with Gasteiger partial charge in [-0.1, -0.05) is 0 Å². The third-order valence-electron chi connectivity index (χ3n) is 0. The zero-order chi connectivity index (χ0) is 12.0. The van der Waals surface area contributed by atoms with Gasteiger partial charge in [0, 0.05) is 20.1 Å². The molecular formula is H4IrN7O6-5. The van der Waals surface area contributed by atoms with Gasteiger partial charge < -0.3 is 69.2 Å². The summed E-state index contributed by atoms with van der Waals surface area (Å²) in [6, 6.07) is 0. The SMILES string of the molecule is [Ir].[N-]=O.[N-]=O.[N-]=O.[N-]=O.[N-]=O.[N-]=O.[NH4+]. The molecule has 0 spiro atoms. The van der Waals surface area contributed by atoms with Gasteiger partial charge in [-0.3, -0.25) is 0 Å². The molecule has 89 valence electrons. The molecule has 0 saturated carbocycles. The molecule has 0 aliphatic rings. The molecule has 0 amide bonds. The van der Waals surface area contributed by atoms with Crippen LogP contribution in [0.3, 0.4) is 0 Å². The van der Waals surface area contributed by atoms with Crippen LogP contribution in [0.2, 0.25) is 0 Å². The molecule has 0 rings (SSSR count). The van der Waals surface area contributed by atoms with Crippen LogP contribution in [0.15, 0.2) is 0 Å². The number of hydrogen-bond acceptors (Lipinski definition) is 6. The Hall–Kier alpha value is -1.79. The summed E-state index contributed by atoms with van der Waals surface area (Å²) >= 11 is 0. The molecule has 0 aromatic carbocycles. The van der Waals surface area contributed by atoms with E-state index < -0.39 is 0 Å². The third kappa shape index (κ3) is 270. The number of nitroso groups, excluding NO2 is 6. The average Bonchev–Trinajstić information content (AvgIpc) is 2.33. The number of rotatable bonds is 0. The first-order chi connectivity index (χ1) is 6.00. The molecule has 0 aromatic heterocycles. The van der Waals surface area contributed by atoms with E-state index >= 15 is 0 Å². The van der Waals surface area contributed by atoms with Gasteiger partial charge in [-0.15, -0.1) is 0 Å². The fraction of sp³-hybridized carbons (Fsp3) is 0. The predicted molar refractivity (Wildman–Crippen MR) is 46.3 cm³/mol. The summed E-state index contributed by atoms with van der Waals surface area (Å²) < 4.78 is 0. The largest absolute Gasteiger partial charge is 0.577 e. The topological polar surface area (TPSA) is 273 Å². The molecule has 0 heterocycles. The van der Waals surface area contributed by atoms with Crippen molar-refractivity contribution in [2.45, 2.75) is 0 Å². The maximum absolute atomic E-state index is 7.25. The second-order valence-electron chi connectivity index (χ2n) is 0. The van der Waals surface area contributed by atoms with Crippen molar-refractivity contribution in [3.8, 4) is 0 Å². The molecule has 0 bridgehead atoms. The molecule has 14 heteroatoms. The second kappa shape index (κ2) is 364. The number of nitrogens with zero attached hydrogens (tertiary/aromatic N) is 6. The van der Waals surface area contributed by atoms with Crippen LogP contribution in [0.5, 0.6) is 0 Å². The molecule has 14 heavy (non-hydrogen) atoms. The fourth-order valence-electron chi connectivity index (χ4n) is 0. The molecule has 0 aliphatic heterocycles. The monoisotopic (exact) mass is 391 g/mol. The molecule has 0 atom stereocenters. The molecule has 0 saturated heterocycles. The smallest absolute Gasteiger partial charge is 0 e. The van der Waals surface area contributed by atoms with Gasteiger partial charge >= 0.3 is 0 Å². The number of quaternary nitrogens is 1. The van der Waals surface area contributed by atoms with Crippen molar-refractivity contribution in [1.29, 1.82) is 0 Å². The van der Waals surface area contributed by atoms with Crippen LogP contribution in [-0.4, -0.2) is 0 Å². The van der Waals surface area contributed by atoms with Crippen LogP contribution in [0.4, 0.5) is 0 Å². The first-order valence-corrected chi connectivity index (χ1v) is 1.10. The van der Waals surface area contributed by atoms with Crippen molar-refractivity contribution in [2.75, 3.05) is 0 Å². The van der Waals surface area contributed by atoms with E-state index in [4.69, 9.17) is 63.0 Å². The molecule has 1 radical (unpaired) electrons. The van der Waals surface area contributed by atoms with Gasteiger partial charge in [0.05, 0.1) is 0 Å². The standard InChI is InChI=1S/Ir.6NO.H3N/c;6*1-2;/h;;;;;;;1H3/q;6*-1;/p+1. The van der Waals surface area contributed by atoms with Gasteiger partial charge in [0.2, 0.25) is 0 Å². The van der Waals surface area contributed by atoms with E-state index in [-0.39, 0.29) is 26.3 Å². The maximum Gasteiger partial charge on any atom is 0 e. The summed E-state index contributed by atoms with van der Waals surface area (Å²) in [5, 5.41) is 0. The van der Waals surface area contributed by atoms with Crippen LogP contribution in [-0.2, 0) is 20.1 Å². The van der Waals surface area contributed by atoms with Crippen molar-refractivity contribution >= 4 is 0 Å². The van der Waals surface area contributed by atoms with Gasteiger partial charge in [-0.05, 0) is 0 Å². The molecule has 0 unspecified atom stereocenters. The van der Waals surface area contributed by atoms with Crippen molar-refractivity contribution in [2.24, 2.45) is 0 Å². The van der Waals surface area contributed by atoms with Crippen LogP contribution in [0, 0.1) is 29.4 Å². The minimum atomic E-state index is 0. The van der Waals surface area contributed by atoms with Gasteiger partial charge in [-0.25, -0.2) is 0 Å². The molecule has 4 N–H and O–H groups in total. The van der Waals surface area contributed by atoms with Gasteiger partial charge in [-0.2, -0.15) is 0 Å².